The quantitative estimate of drug-likeness (QED) is 0.148. The average molecular weight is 512 g/mol. The topological polar surface area (TPSA) is 245 Å². The van der Waals surface area contributed by atoms with Gasteiger partial charge in [-0.2, -0.15) is 0 Å². The summed E-state index contributed by atoms with van der Waals surface area (Å²) < 4.78 is 26.5. The van der Waals surface area contributed by atoms with Crippen molar-refractivity contribution in [2.75, 3.05) is 19.8 Å². The average Bonchev–Trinajstić information content (AvgIpc) is 2.82. The van der Waals surface area contributed by atoms with Crippen LogP contribution in [-0.4, -0.2) is 139 Å². The van der Waals surface area contributed by atoms with Crippen molar-refractivity contribution < 1.29 is 74.4 Å². The Labute approximate surface area is 199 Å². The molecule has 0 aromatic rings. The van der Waals surface area contributed by atoms with Crippen molar-refractivity contribution in [1.29, 1.82) is 0 Å². The number of aliphatic hydroxyl groups is 8. The number of aliphatic hydroxyl groups excluding tert-OH is 8. The van der Waals surface area contributed by atoms with Gasteiger partial charge in [0.15, 0.2) is 12.6 Å². The highest BCUT2D eigenvalue weighted by Crippen LogP contribution is 2.33. The van der Waals surface area contributed by atoms with Gasteiger partial charge in [0.2, 0.25) is 12.0 Å². The van der Waals surface area contributed by atoms with Crippen molar-refractivity contribution in [3.8, 4) is 0 Å². The molecule has 2 saturated heterocycles. The third-order valence-electron chi connectivity index (χ3n) is 6.35. The van der Waals surface area contributed by atoms with Gasteiger partial charge < -0.3 is 69.6 Å². The molecule has 0 aliphatic carbocycles. The molecule has 35 heavy (non-hydrogen) atoms. The molecule has 5 unspecified atom stereocenters. The fraction of sp³-hybridized carbons (Fsp3) is 0.850. The van der Waals surface area contributed by atoms with Crippen LogP contribution in [0.5, 0.6) is 0 Å². The number of hydrogen-bond donors (Lipinski definition) is 9. The Morgan fingerprint density at radius 2 is 1.49 bits per heavy atom. The van der Waals surface area contributed by atoms with Gasteiger partial charge in [-0.05, 0) is 13.0 Å². The number of carboxylic acids is 1. The van der Waals surface area contributed by atoms with Crippen LogP contribution in [-0.2, 0) is 28.5 Å². The molecule has 202 valence electrons. The molecular formula is C20H32O15. The van der Waals surface area contributed by atoms with Crippen LogP contribution in [0.3, 0.4) is 0 Å². The van der Waals surface area contributed by atoms with Crippen LogP contribution in [0, 0.1) is 11.8 Å². The van der Waals surface area contributed by atoms with Gasteiger partial charge >= 0.3 is 5.97 Å². The minimum Gasteiger partial charge on any atom is -0.475 e. The molecule has 0 aromatic heterocycles. The Morgan fingerprint density at radius 3 is 2.11 bits per heavy atom. The van der Waals surface area contributed by atoms with E-state index in [1.54, 1.807) is 0 Å². The first-order chi connectivity index (χ1) is 16.5. The number of hydrogen-bond acceptors (Lipinski definition) is 14. The van der Waals surface area contributed by atoms with Gasteiger partial charge in [-0.1, -0.05) is 0 Å². The lowest BCUT2D eigenvalue weighted by atomic mass is 9.83. The smallest absolute Gasteiger partial charge is 0.371 e. The van der Waals surface area contributed by atoms with Gasteiger partial charge in [-0.15, -0.1) is 0 Å². The summed E-state index contributed by atoms with van der Waals surface area (Å²) in [5, 5.41) is 89.5. The molecule has 3 heterocycles. The molecule has 9 N–H and O–H groups in total. The summed E-state index contributed by atoms with van der Waals surface area (Å²) in [6.45, 7) is -0.0977. The largest absolute Gasteiger partial charge is 0.475 e. The number of carbonyl (C=O) groups is 1. The highest BCUT2D eigenvalue weighted by Gasteiger charge is 2.48. The van der Waals surface area contributed by atoms with Gasteiger partial charge in [0.1, 0.15) is 36.6 Å². The molecule has 2 fully saturated rings. The van der Waals surface area contributed by atoms with E-state index in [0.29, 0.717) is 0 Å². The summed E-state index contributed by atoms with van der Waals surface area (Å²) in [5.41, 5.74) is 0. The number of ether oxygens (including phenoxy) is 5. The molecule has 3 rings (SSSR count). The second-order valence-electron chi connectivity index (χ2n) is 8.72. The Morgan fingerprint density at radius 1 is 0.857 bits per heavy atom. The van der Waals surface area contributed by atoms with Crippen LogP contribution in [0.4, 0.5) is 0 Å². The fourth-order valence-corrected chi connectivity index (χ4v) is 4.15. The van der Waals surface area contributed by atoms with Crippen molar-refractivity contribution in [1.82, 2.24) is 0 Å². The maximum Gasteiger partial charge on any atom is 0.371 e. The van der Waals surface area contributed by atoms with Crippen molar-refractivity contribution in [2.45, 2.75) is 74.6 Å². The number of rotatable bonds is 8. The van der Waals surface area contributed by atoms with E-state index < -0.39 is 111 Å². The Hall–Kier alpha value is -1.47. The van der Waals surface area contributed by atoms with Crippen LogP contribution in [0.25, 0.3) is 0 Å². The van der Waals surface area contributed by atoms with Gasteiger partial charge in [-0.25, -0.2) is 4.79 Å². The van der Waals surface area contributed by atoms with Crippen LogP contribution < -0.4 is 0 Å². The summed E-state index contributed by atoms with van der Waals surface area (Å²) >= 11 is 0. The molecule has 0 bridgehead atoms. The first kappa shape index (κ1) is 28.1. The highest BCUT2D eigenvalue weighted by molar-refractivity contribution is 5.84. The molecule has 15 heteroatoms. The third kappa shape index (κ3) is 6.10. The summed E-state index contributed by atoms with van der Waals surface area (Å²) in [4.78, 5) is 11.2. The summed E-state index contributed by atoms with van der Waals surface area (Å²) in [5.74, 6) is -4.28. The Balaban J connectivity index is 1.70. The lowest BCUT2D eigenvalue weighted by molar-refractivity contribution is -0.314. The Kier molecular flexibility index (Phi) is 9.41. The first-order valence-corrected chi connectivity index (χ1v) is 11.0. The SMILES string of the molecule is CC1O[C@@H](OC[C@H]2C(CO[C@@H]3OC(C(=O)O)=C[C@@H](O)C3O)[C@@H](O)OC(CO)[C@H]2O)C(O)[C@@H](O)[C@@H]1O. The van der Waals surface area contributed by atoms with E-state index in [1.165, 1.54) is 6.92 Å². The number of aliphatic carboxylic acids is 1. The highest BCUT2D eigenvalue weighted by atomic mass is 16.7. The van der Waals surface area contributed by atoms with E-state index in [0.717, 1.165) is 6.08 Å². The molecule has 3 aliphatic heterocycles. The molecule has 0 amide bonds. The van der Waals surface area contributed by atoms with Crippen LogP contribution in [0.1, 0.15) is 6.92 Å². The molecular weight excluding hydrogens is 480 g/mol. The molecule has 15 nitrogen and oxygen atoms in total. The van der Waals surface area contributed by atoms with Crippen molar-refractivity contribution in [2.24, 2.45) is 11.8 Å². The second kappa shape index (κ2) is 11.7. The van der Waals surface area contributed by atoms with E-state index in [-0.39, 0.29) is 0 Å². The first-order valence-electron chi connectivity index (χ1n) is 11.0. The molecule has 0 spiro atoms. The van der Waals surface area contributed by atoms with E-state index in [4.69, 9.17) is 28.8 Å². The van der Waals surface area contributed by atoms with Crippen LogP contribution >= 0.6 is 0 Å². The van der Waals surface area contributed by atoms with Gasteiger partial charge in [0.25, 0.3) is 0 Å². The van der Waals surface area contributed by atoms with E-state index >= 15 is 0 Å². The zero-order valence-corrected chi connectivity index (χ0v) is 18.7. The minimum absolute atomic E-state index is 0.402. The predicted molar refractivity (Wildman–Crippen MR) is 108 cm³/mol. The van der Waals surface area contributed by atoms with E-state index in [1.807, 2.05) is 0 Å². The minimum atomic E-state index is -1.66. The monoisotopic (exact) mass is 512 g/mol. The maximum absolute atomic E-state index is 11.2. The lowest BCUT2D eigenvalue weighted by Crippen LogP contribution is -2.59. The van der Waals surface area contributed by atoms with Crippen molar-refractivity contribution >= 4 is 5.97 Å². The summed E-state index contributed by atoms with van der Waals surface area (Å²) in [6, 6.07) is 0. The standard InChI is InChI=1S/C20H32O15/c1-6-12(23)15(26)16(27)20(33-6)31-4-7-8(18(30)34-11(3-21)13(7)24)5-32-19-14(25)9(22)2-10(35-19)17(28)29/h2,6-9,11-16,18-27,30H,3-5H2,1H3,(H,28,29)/t6?,7-,8?,9+,11?,12+,13-,14?,15-,16?,18-,19+,20+/m0/s1. The molecule has 13 atom stereocenters. The molecule has 0 radical (unpaired) electrons. The number of carboxylic acid groups (broad SMARTS) is 1. The van der Waals surface area contributed by atoms with Crippen molar-refractivity contribution in [3.63, 3.8) is 0 Å². The lowest BCUT2D eigenvalue weighted by Gasteiger charge is -2.44. The third-order valence-corrected chi connectivity index (χ3v) is 6.35. The zero-order valence-electron chi connectivity index (χ0n) is 18.7. The molecule has 0 saturated carbocycles. The predicted octanol–water partition coefficient (Wildman–Crippen LogP) is -4.80. The maximum atomic E-state index is 11.2. The summed E-state index contributed by atoms with van der Waals surface area (Å²) in [6.07, 6.45) is -15.2. The molecule has 3 aliphatic rings. The van der Waals surface area contributed by atoms with Gasteiger partial charge in [0.05, 0.1) is 32.0 Å². The van der Waals surface area contributed by atoms with E-state index in [2.05, 4.69) is 0 Å². The van der Waals surface area contributed by atoms with Gasteiger partial charge in [0, 0.05) is 11.8 Å². The summed E-state index contributed by atoms with van der Waals surface area (Å²) in [7, 11) is 0. The fourth-order valence-electron chi connectivity index (χ4n) is 4.15. The second-order valence-corrected chi connectivity index (χ2v) is 8.72. The van der Waals surface area contributed by atoms with Gasteiger partial charge in [-0.3, -0.25) is 0 Å². The normalized spacial score (nSPS) is 46.5. The zero-order chi connectivity index (χ0) is 26.0. The van der Waals surface area contributed by atoms with Crippen molar-refractivity contribution in [3.05, 3.63) is 11.8 Å². The van der Waals surface area contributed by atoms with E-state index in [9.17, 15) is 45.6 Å². The van der Waals surface area contributed by atoms with Crippen LogP contribution in [0.2, 0.25) is 0 Å². The Bertz CT molecular complexity index is 748. The molecule has 0 aromatic carbocycles. The van der Waals surface area contributed by atoms with Crippen LogP contribution in [0.15, 0.2) is 11.8 Å².